The Morgan fingerprint density at radius 3 is 2.50 bits per heavy atom. The molecular weight excluding hydrogens is 368 g/mol. The Balaban J connectivity index is 2.12. The molecule has 1 aliphatic rings. The quantitative estimate of drug-likeness (QED) is 0.362. The van der Waals surface area contributed by atoms with Crippen LogP contribution in [0, 0.1) is 0 Å². The minimum Gasteiger partial charge on any atom is -0.508 e. The maximum absolute atomic E-state index is 12.7. The third-order valence-corrected chi connectivity index (χ3v) is 4.47. The van der Waals surface area contributed by atoms with E-state index in [0.29, 0.717) is 24.9 Å². The summed E-state index contributed by atoms with van der Waals surface area (Å²) in [6.45, 7) is -0.371. The standard InChI is InChI=1S/C18H24N4O6/c19-9-15(24)22-7-1-2-14(22)18(28)21-13(17(27)20-10-16(25)26)8-11-3-5-12(23)6-4-11/h3-6,13-14,23H,1-2,7-10,19H2,(H,20,27)(H,21,28)(H,25,26)/t13-,14-/m0/s1. The first-order valence-corrected chi connectivity index (χ1v) is 8.89. The molecule has 1 aromatic carbocycles. The van der Waals surface area contributed by atoms with E-state index in [1.807, 2.05) is 0 Å². The molecule has 1 fully saturated rings. The Kier molecular flexibility index (Phi) is 7.33. The van der Waals surface area contributed by atoms with Gasteiger partial charge >= 0.3 is 5.97 Å². The highest BCUT2D eigenvalue weighted by Gasteiger charge is 2.35. The van der Waals surface area contributed by atoms with Gasteiger partial charge in [-0.2, -0.15) is 0 Å². The number of carboxylic acid groups (broad SMARTS) is 1. The molecule has 0 spiro atoms. The lowest BCUT2D eigenvalue weighted by Gasteiger charge is -2.26. The molecule has 10 heteroatoms. The van der Waals surface area contributed by atoms with Crippen LogP contribution in [0.4, 0.5) is 0 Å². The zero-order valence-corrected chi connectivity index (χ0v) is 15.3. The normalized spacial score (nSPS) is 17.0. The molecule has 152 valence electrons. The summed E-state index contributed by atoms with van der Waals surface area (Å²) in [5.41, 5.74) is 6.04. The number of phenolic OH excluding ortho intramolecular Hbond substituents is 1. The number of nitrogens with zero attached hydrogens (tertiary/aromatic N) is 1. The van der Waals surface area contributed by atoms with Crippen molar-refractivity contribution in [3.8, 4) is 5.75 Å². The molecule has 2 rings (SSSR count). The van der Waals surface area contributed by atoms with Crippen LogP contribution in [0.25, 0.3) is 0 Å². The van der Waals surface area contributed by atoms with Crippen LogP contribution in [0.15, 0.2) is 24.3 Å². The van der Waals surface area contributed by atoms with Gasteiger partial charge in [0, 0.05) is 13.0 Å². The SMILES string of the molecule is NCC(=O)N1CCC[C@H]1C(=O)N[C@@H](Cc1ccc(O)cc1)C(=O)NCC(=O)O. The van der Waals surface area contributed by atoms with E-state index in [4.69, 9.17) is 10.8 Å². The number of nitrogens with one attached hydrogen (secondary N) is 2. The number of benzene rings is 1. The third-order valence-electron chi connectivity index (χ3n) is 4.47. The molecule has 28 heavy (non-hydrogen) atoms. The monoisotopic (exact) mass is 392 g/mol. The Morgan fingerprint density at radius 2 is 1.89 bits per heavy atom. The number of hydrogen-bond acceptors (Lipinski definition) is 6. The van der Waals surface area contributed by atoms with E-state index in [-0.39, 0.29) is 24.6 Å². The van der Waals surface area contributed by atoms with Crippen LogP contribution in [-0.2, 0) is 25.6 Å². The molecular formula is C18H24N4O6. The lowest BCUT2D eigenvalue weighted by atomic mass is 10.0. The summed E-state index contributed by atoms with van der Waals surface area (Å²) < 4.78 is 0. The van der Waals surface area contributed by atoms with E-state index in [2.05, 4.69) is 10.6 Å². The fraction of sp³-hybridized carbons (Fsp3) is 0.444. The van der Waals surface area contributed by atoms with Crippen molar-refractivity contribution in [2.75, 3.05) is 19.6 Å². The molecule has 0 unspecified atom stereocenters. The lowest BCUT2D eigenvalue weighted by Crippen LogP contribution is -2.54. The van der Waals surface area contributed by atoms with Gasteiger partial charge in [-0.15, -0.1) is 0 Å². The van der Waals surface area contributed by atoms with Gasteiger partial charge in [-0.05, 0) is 30.5 Å². The summed E-state index contributed by atoms with van der Waals surface area (Å²) in [7, 11) is 0. The third kappa shape index (κ3) is 5.68. The Labute approximate surface area is 161 Å². The molecule has 6 N–H and O–H groups in total. The Hall–Kier alpha value is -3.14. The van der Waals surface area contributed by atoms with Crippen LogP contribution < -0.4 is 16.4 Å². The van der Waals surface area contributed by atoms with E-state index in [1.54, 1.807) is 12.1 Å². The second-order valence-electron chi connectivity index (χ2n) is 6.49. The molecule has 2 atom stereocenters. The number of amides is 3. The van der Waals surface area contributed by atoms with Crippen LogP contribution in [-0.4, -0.2) is 70.5 Å². The molecule has 0 bridgehead atoms. The zero-order valence-electron chi connectivity index (χ0n) is 15.3. The second kappa shape index (κ2) is 9.70. The molecule has 1 aliphatic heterocycles. The maximum atomic E-state index is 12.7. The fourth-order valence-corrected chi connectivity index (χ4v) is 3.09. The van der Waals surface area contributed by atoms with Gasteiger partial charge in [-0.1, -0.05) is 12.1 Å². The topological polar surface area (TPSA) is 162 Å². The second-order valence-corrected chi connectivity index (χ2v) is 6.49. The first kappa shape index (κ1) is 21.2. The summed E-state index contributed by atoms with van der Waals surface area (Å²) >= 11 is 0. The van der Waals surface area contributed by atoms with Crippen LogP contribution >= 0.6 is 0 Å². The highest BCUT2D eigenvalue weighted by atomic mass is 16.4. The van der Waals surface area contributed by atoms with Gasteiger partial charge in [0.1, 0.15) is 24.4 Å². The number of nitrogens with two attached hydrogens (primary N) is 1. The maximum Gasteiger partial charge on any atom is 0.322 e. The first-order valence-electron chi connectivity index (χ1n) is 8.89. The molecule has 1 heterocycles. The van der Waals surface area contributed by atoms with Gasteiger partial charge < -0.3 is 31.5 Å². The van der Waals surface area contributed by atoms with E-state index in [0.717, 1.165) is 0 Å². The van der Waals surface area contributed by atoms with Gasteiger partial charge in [0.15, 0.2) is 0 Å². The average molecular weight is 392 g/mol. The molecule has 10 nitrogen and oxygen atoms in total. The average Bonchev–Trinajstić information content (AvgIpc) is 3.16. The molecule has 0 aliphatic carbocycles. The van der Waals surface area contributed by atoms with Crippen molar-refractivity contribution in [3.05, 3.63) is 29.8 Å². The predicted octanol–water partition coefficient (Wildman–Crippen LogP) is -1.43. The number of carbonyl (C=O) groups is 4. The van der Waals surface area contributed by atoms with Crippen molar-refractivity contribution in [1.29, 1.82) is 0 Å². The summed E-state index contributed by atoms with van der Waals surface area (Å²) in [5.74, 6) is -2.64. The minimum atomic E-state index is -1.21. The van der Waals surface area contributed by atoms with Crippen LogP contribution in [0.1, 0.15) is 18.4 Å². The number of aliphatic carboxylic acids is 1. The van der Waals surface area contributed by atoms with Crippen molar-refractivity contribution in [2.24, 2.45) is 5.73 Å². The molecule has 0 radical (unpaired) electrons. The molecule has 1 saturated heterocycles. The highest BCUT2D eigenvalue weighted by molar-refractivity contribution is 5.93. The number of aromatic hydroxyl groups is 1. The highest BCUT2D eigenvalue weighted by Crippen LogP contribution is 2.18. The molecule has 3 amide bonds. The van der Waals surface area contributed by atoms with Crippen LogP contribution in [0.3, 0.4) is 0 Å². The number of rotatable bonds is 8. The predicted molar refractivity (Wildman–Crippen MR) is 98.2 cm³/mol. The fourth-order valence-electron chi connectivity index (χ4n) is 3.09. The van der Waals surface area contributed by atoms with E-state index >= 15 is 0 Å². The Bertz CT molecular complexity index is 736. The van der Waals surface area contributed by atoms with Gasteiger partial charge in [0.25, 0.3) is 0 Å². The van der Waals surface area contributed by atoms with Crippen molar-refractivity contribution in [3.63, 3.8) is 0 Å². The smallest absolute Gasteiger partial charge is 0.322 e. The van der Waals surface area contributed by atoms with E-state index in [9.17, 15) is 24.3 Å². The van der Waals surface area contributed by atoms with Crippen molar-refractivity contribution in [1.82, 2.24) is 15.5 Å². The molecule has 0 aromatic heterocycles. The number of carboxylic acids is 1. The van der Waals surface area contributed by atoms with E-state index < -0.39 is 36.4 Å². The summed E-state index contributed by atoms with van der Waals surface area (Å²) in [5, 5.41) is 23.0. The van der Waals surface area contributed by atoms with Gasteiger partial charge in [-0.3, -0.25) is 19.2 Å². The largest absolute Gasteiger partial charge is 0.508 e. The van der Waals surface area contributed by atoms with Gasteiger partial charge in [0.2, 0.25) is 17.7 Å². The van der Waals surface area contributed by atoms with Gasteiger partial charge in [0.05, 0.1) is 6.54 Å². The summed E-state index contributed by atoms with van der Waals surface area (Å²) in [6.07, 6.45) is 1.20. The minimum absolute atomic E-state index is 0.0570. The molecule has 0 saturated carbocycles. The Morgan fingerprint density at radius 1 is 1.21 bits per heavy atom. The van der Waals surface area contributed by atoms with Crippen LogP contribution in [0.2, 0.25) is 0 Å². The number of phenols is 1. The summed E-state index contributed by atoms with van der Waals surface area (Å²) in [6, 6.07) is 4.33. The lowest BCUT2D eigenvalue weighted by molar-refractivity contribution is -0.140. The van der Waals surface area contributed by atoms with Crippen molar-refractivity contribution in [2.45, 2.75) is 31.3 Å². The van der Waals surface area contributed by atoms with Crippen molar-refractivity contribution >= 4 is 23.7 Å². The molecule has 1 aromatic rings. The zero-order chi connectivity index (χ0) is 20.7. The van der Waals surface area contributed by atoms with E-state index in [1.165, 1.54) is 17.0 Å². The first-order chi connectivity index (χ1) is 13.3. The van der Waals surface area contributed by atoms with Crippen LogP contribution in [0.5, 0.6) is 5.75 Å². The number of carbonyl (C=O) groups excluding carboxylic acids is 3. The number of likely N-dealkylation sites (tertiary alicyclic amines) is 1. The van der Waals surface area contributed by atoms with Gasteiger partial charge in [-0.25, -0.2) is 0 Å². The summed E-state index contributed by atoms with van der Waals surface area (Å²) in [4.78, 5) is 49.1. The number of hydrogen-bond donors (Lipinski definition) is 5. The van der Waals surface area contributed by atoms with Crippen molar-refractivity contribution < 1.29 is 29.4 Å².